The van der Waals surface area contributed by atoms with Crippen molar-refractivity contribution in [2.45, 2.75) is 38.1 Å². The van der Waals surface area contributed by atoms with E-state index in [1.165, 1.54) is 11.8 Å². The van der Waals surface area contributed by atoms with Gasteiger partial charge in [0.2, 0.25) is 5.91 Å². The number of nitrogens with one attached hydrogen (secondary N) is 1. The van der Waals surface area contributed by atoms with E-state index in [-0.39, 0.29) is 18.3 Å². The van der Waals surface area contributed by atoms with Gasteiger partial charge in [0.05, 0.1) is 15.8 Å². The Morgan fingerprint density at radius 1 is 1.24 bits per heavy atom. The van der Waals surface area contributed by atoms with Gasteiger partial charge in [-0.15, -0.1) is 16.8 Å². The fourth-order valence-electron chi connectivity index (χ4n) is 2.99. The van der Waals surface area contributed by atoms with Gasteiger partial charge in [0.1, 0.15) is 12.4 Å². The molecule has 1 N–H and O–H groups in total. The van der Waals surface area contributed by atoms with E-state index >= 15 is 0 Å². The summed E-state index contributed by atoms with van der Waals surface area (Å²) in [5.41, 5.74) is 1.68. The minimum Gasteiger partial charge on any atom is -0.485 e. The van der Waals surface area contributed by atoms with Crippen LogP contribution in [0.3, 0.4) is 0 Å². The van der Waals surface area contributed by atoms with Crippen LogP contribution in [0.5, 0.6) is 5.75 Å². The van der Waals surface area contributed by atoms with Crippen LogP contribution >= 0.6 is 50.9 Å². The monoisotopic (exact) mass is 568 g/mol. The predicted molar refractivity (Wildman–Crippen MR) is 139 cm³/mol. The number of amides is 1. The number of halogens is 3. The second kappa shape index (κ2) is 11.9. The summed E-state index contributed by atoms with van der Waals surface area (Å²) >= 11 is 16.7. The van der Waals surface area contributed by atoms with E-state index < -0.39 is 0 Å². The normalized spacial score (nSPS) is 11.0. The maximum absolute atomic E-state index is 12.4. The number of benzene rings is 2. The topological polar surface area (TPSA) is 69.0 Å². The Balaban J connectivity index is 1.66. The summed E-state index contributed by atoms with van der Waals surface area (Å²) in [5.74, 6) is 1.72. The van der Waals surface area contributed by atoms with E-state index in [1.807, 2.05) is 16.7 Å². The standard InChI is InChI=1S/C23H23BrCl2N4O2S/c1-4-9-30-21(12-32-20-8-5-15(24)10-17(20)14(2)3)28-29-23(30)33-13-22(31)27-16-6-7-18(25)19(26)11-16/h4-8,10-11,14H,1,9,12-13H2,2-3H3,(H,27,31). The molecule has 0 saturated carbocycles. The highest BCUT2D eigenvalue weighted by atomic mass is 79.9. The molecule has 0 fully saturated rings. The van der Waals surface area contributed by atoms with E-state index in [0.717, 1.165) is 15.8 Å². The summed E-state index contributed by atoms with van der Waals surface area (Å²) in [5, 5.41) is 12.7. The molecule has 0 atom stereocenters. The molecular formula is C23H23BrCl2N4O2S. The van der Waals surface area contributed by atoms with Crippen molar-refractivity contribution in [3.8, 4) is 5.75 Å². The first-order valence-electron chi connectivity index (χ1n) is 10.1. The molecule has 3 aromatic rings. The first-order chi connectivity index (χ1) is 15.8. The fourth-order valence-corrected chi connectivity index (χ4v) is 4.43. The lowest BCUT2D eigenvalue weighted by Gasteiger charge is -2.15. The molecule has 174 valence electrons. The lowest BCUT2D eigenvalue weighted by atomic mass is 10.0. The van der Waals surface area contributed by atoms with Crippen molar-refractivity contribution in [3.05, 3.63) is 75.0 Å². The average molecular weight is 570 g/mol. The maximum Gasteiger partial charge on any atom is 0.234 e. The van der Waals surface area contributed by atoms with E-state index in [4.69, 9.17) is 27.9 Å². The van der Waals surface area contributed by atoms with Crippen LogP contribution in [0.1, 0.15) is 31.2 Å². The zero-order valence-electron chi connectivity index (χ0n) is 18.1. The Kier molecular flexibility index (Phi) is 9.26. The summed E-state index contributed by atoms with van der Waals surface area (Å²) in [6.45, 7) is 8.80. The molecule has 0 spiro atoms. The van der Waals surface area contributed by atoms with Crippen molar-refractivity contribution >= 4 is 62.5 Å². The molecule has 0 bridgehead atoms. The quantitative estimate of drug-likeness (QED) is 0.211. The Morgan fingerprint density at radius 2 is 2.03 bits per heavy atom. The molecule has 0 radical (unpaired) electrons. The van der Waals surface area contributed by atoms with Gasteiger partial charge >= 0.3 is 0 Å². The highest BCUT2D eigenvalue weighted by Crippen LogP contribution is 2.30. The third-order valence-electron chi connectivity index (χ3n) is 4.59. The van der Waals surface area contributed by atoms with Crippen molar-refractivity contribution in [1.29, 1.82) is 0 Å². The third-order valence-corrected chi connectivity index (χ3v) is 6.79. The lowest BCUT2D eigenvalue weighted by Crippen LogP contribution is -2.15. The molecule has 2 aromatic carbocycles. The lowest BCUT2D eigenvalue weighted by molar-refractivity contribution is -0.113. The Hall–Kier alpha value is -2.00. The molecule has 1 amide bonds. The largest absolute Gasteiger partial charge is 0.485 e. The fraction of sp³-hybridized carbons (Fsp3) is 0.261. The van der Waals surface area contributed by atoms with Crippen LogP contribution in [0, 0.1) is 0 Å². The number of thioether (sulfide) groups is 1. The highest BCUT2D eigenvalue weighted by molar-refractivity contribution is 9.10. The van der Waals surface area contributed by atoms with Crippen LogP contribution in [-0.2, 0) is 17.9 Å². The number of nitrogens with zero attached hydrogens (tertiary/aromatic N) is 3. The third kappa shape index (κ3) is 6.99. The first-order valence-corrected chi connectivity index (χ1v) is 12.6. The van der Waals surface area contributed by atoms with Gasteiger partial charge in [-0.05, 0) is 47.9 Å². The Morgan fingerprint density at radius 3 is 2.73 bits per heavy atom. The molecule has 0 unspecified atom stereocenters. The number of ether oxygens (including phenoxy) is 1. The van der Waals surface area contributed by atoms with Gasteiger partial charge in [0, 0.05) is 16.7 Å². The summed E-state index contributed by atoms with van der Waals surface area (Å²) in [6.07, 6.45) is 1.76. The summed E-state index contributed by atoms with van der Waals surface area (Å²) in [6, 6.07) is 10.9. The maximum atomic E-state index is 12.4. The van der Waals surface area contributed by atoms with Crippen molar-refractivity contribution in [1.82, 2.24) is 14.8 Å². The number of hydrogen-bond donors (Lipinski definition) is 1. The summed E-state index contributed by atoms with van der Waals surface area (Å²) < 4.78 is 8.97. The average Bonchev–Trinajstić information content (AvgIpc) is 3.15. The Labute approximate surface area is 215 Å². The molecule has 10 heteroatoms. The van der Waals surface area contributed by atoms with E-state index in [1.54, 1.807) is 24.3 Å². The molecule has 3 rings (SSSR count). The molecule has 6 nitrogen and oxygen atoms in total. The van der Waals surface area contributed by atoms with Gasteiger partial charge in [-0.3, -0.25) is 9.36 Å². The molecule has 1 aromatic heterocycles. The smallest absolute Gasteiger partial charge is 0.234 e. The van der Waals surface area contributed by atoms with Crippen LogP contribution in [0.2, 0.25) is 10.0 Å². The zero-order valence-corrected chi connectivity index (χ0v) is 22.1. The molecule has 1 heterocycles. The number of anilines is 1. The van der Waals surface area contributed by atoms with E-state index in [9.17, 15) is 4.79 Å². The number of rotatable bonds is 10. The van der Waals surface area contributed by atoms with Crippen LogP contribution in [0.25, 0.3) is 0 Å². The van der Waals surface area contributed by atoms with E-state index in [2.05, 4.69) is 57.9 Å². The first kappa shape index (κ1) is 25.6. The van der Waals surface area contributed by atoms with Crippen molar-refractivity contribution < 1.29 is 9.53 Å². The summed E-state index contributed by atoms with van der Waals surface area (Å²) in [7, 11) is 0. The van der Waals surface area contributed by atoms with Crippen LogP contribution in [-0.4, -0.2) is 26.4 Å². The highest BCUT2D eigenvalue weighted by Gasteiger charge is 2.16. The number of aromatic nitrogens is 3. The molecular weight excluding hydrogens is 547 g/mol. The van der Waals surface area contributed by atoms with Crippen LogP contribution in [0.15, 0.2) is 58.7 Å². The summed E-state index contributed by atoms with van der Waals surface area (Å²) in [4.78, 5) is 12.4. The zero-order chi connectivity index (χ0) is 24.0. The van der Waals surface area contributed by atoms with Gasteiger partial charge < -0.3 is 10.1 Å². The molecule has 0 saturated heterocycles. The van der Waals surface area contributed by atoms with Crippen molar-refractivity contribution in [2.75, 3.05) is 11.1 Å². The molecule has 0 aliphatic heterocycles. The predicted octanol–water partition coefficient (Wildman–Crippen LogP) is 6.97. The van der Waals surface area contributed by atoms with Gasteiger partial charge in [-0.25, -0.2) is 0 Å². The minimum atomic E-state index is -0.194. The molecule has 0 aliphatic rings. The van der Waals surface area contributed by atoms with Gasteiger partial charge in [0.15, 0.2) is 11.0 Å². The minimum absolute atomic E-state index is 0.153. The Bertz CT molecular complexity index is 1150. The van der Waals surface area contributed by atoms with Crippen molar-refractivity contribution in [3.63, 3.8) is 0 Å². The SMILES string of the molecule is C=CCn1c(COc2ccc(Br)cc2C(C)C)nnc1SCC(=O)Nc1ccc(Cl)c(Cl)c1. The van der Waals surface area contributed by atoms with Gasteiger partial charge in [-0.2, -0.15) is 0 Å². The molecule has 33 heavy (non-hydrogen) atoms. The number of carbonyl (C=O) groups excluding carboxylic acids is 1. The van der Waals surface area contributed by atoms with Crippen LogP contribution in [0.4, 0.5) is 5.69 Å². The number of carbonyl (C=O) groups is 1. The second-order valence-corrected chi connectivity index (χ2v) is 10.1. The van der Waals surface area contributed by atoms with Gasteiger partial charge in [0.25, 0.3) is 0 Å². The second-order valence-electron chi connectivity index (χ2n) is 7.39. The number of allylic oxidation sites excluding steroid dienone is 1. The van der Waals surface area contributed by atoms with Crippen LogP contribution < -0.4 is 10.1 Å². The van der Waals surface area contributed by atoms with Gasteiger partial charge in [-0.1, -0.05) is 70.8 Å². The van der Waals surface area contributed by atoms with Crippen molar-refractivity contribution in [2.24, 2.45) is 0 Å². The number of hydrogen-bond acceptors (Lipinski definition) is 5. The molecule has 0 aliphatic carbocycles. The van der Waals surface area contributed by atoms with E-state index in [0.29, 0.717) is 39.2 Å².